The van der Waals surface area contributed by atoms with Gasteiger partial charge in [-0.1, -0.05) is 41.6 Å². The van der Waals surface area contributed by atoms with E-state index in [4.69, 9.17) is 4.52 Å². The first-order valence-electron chi connectivity index (χ1n) is 10.6. The van der Waals surface area contributed by atoms with Gasteiger partial charge in [-0.05, 0) is 60.9 Å². The highest BCUT2D eigenvalue weighted by Gasteiger charge is 2.50. The van der Waals surface area contributed by atoms with Crippen LogP contribution in [0.3, 0.4) is 0 Å². The number of aromatic hydroxyl groups is 1. The fraction of sp³-hybridized carbons (Fsp3) is 0.192. The standard InChI is InChI=1S/C26H21F3N2O2/c27-26(28,29)19-7-4-8-20(15-19)30-16-25(13-14-25)24-22(17-5-2-1-3-6-17)23(31-33-24)18-9-11-21(32)12-10-18/h1-12,15,30,32H,13-14,16H2. The maximum Gasteiger partial charge on any atom is 0.416 e. The topological polar surface area (TPSA) is 58.3 Å². The van der Waals surface area contributed by atoms with Gasteiger partial charge in [0.25, 0.3) is 0 Å². The van der Waals surface area contributed by atoms with E-state index in [1.54, 1.807) is 30.3 Å². The highest BCUT2D eigenvalue weighted by molar-refractivity contribution is 5.83. The molecule has 1 saturated carbocycles. The summed E-state index contributed by atoms with van der Waals surface area (Å²) in [5.41, 5.74) is 2.66. The van der Waals surface area contributed by atoms with Gasteiger partial charge in [0.05, 0.1) is 11.1 Å². The van der Waals surface area contributed by atoms with E-state index in [0.29, 0.717) is 17.9 Å². The molecule has 168 valence electrons. The number of halogens is 3. The molecule has 0 bridgehead atoms. The summed E-state index contributed by atoms with van der Waals surface area (Å²) in [7, 11) is 0. The van der Waals surface area contributed by atoms with E-state index in [1.807, 2.05) is 30.3 Å². The van der Waals surface area contributed by atoms with E-state index in [0.717, 1.165) is 47.4 Å². The van der Waals surface area contributed by atoms with Crippen molar-refractivity contribution in [2.45, 2.75) is 24.4 Å². The summed E-state index contributed by atoms with van der Waals surface area (Å²) >= 11 is 0. The Morgan fingerprint density at radius 1 is 0.909 bits per heavy atom. The second-order valence-electron chi connectivity index (χ2n) is 8.36. The molecular formula is C26H21F3N2O2. The van der Waals surface area contributed by atoms with E-state index >= 15 is 0 Å². The zero-order valence-electron chi connectivity index (χ0n) is 17.6. The fourth-order valence-corrected chi connectivity index (χ4v) is 4.05. The Morgan fingerprint density at radius 3 is 2.30 bits per heavy atom. The van der Waals surface area contributed by atoms with Crippen LogP contribution in [0, 0.1) is 0 Å². The molecule has 7 heteroatoms. The SMILES string of the molecule is Oc1ccc(-c2noc(C3(CNc4cccc(C(F)(F)F)c4)CC3)c2-c2ccccc2)cc1. The molecule has 0 aliphatic heterocycles. The molecule has 33 heavy (non-hydrogen) atoms. The summed E-state index contributed by atoms with van der Waals surface area (Å²) in [4.78, 5) is 0. The van der Waals surface area contributed by atoms with E-state index in [1.165, 1.54) is 6.07 Å². The molecule has 1 fully saturated rings. The number of alkyl halides is 3. The van der Waals surface area contributed by atoms with Crippen molar-refractivity contribution in [2.75, 3.05) is 11.9 Å². The minimum Gasteiger partial charge on any atom is -0.508 e. The van der Waals surface area contributed by atoms with Crippen LogP contribution in [0.1, 0.15) is 24.2 Å². The molecule has 4 nitrogen and oxygen atoms in total. The molecule has 1 aromatic heterocycles. The number of hydrogen-bond donors (Lipinski definition) is 2. The molecule has 0 radical (unpaired) electrons. The number of anilines is 1. The largest absolute Gasteiger partial charge is 0.508 e. The number of nitrogens with zero attached hydrogens (tertiary/aromatic N) is 1. The molecule has 3 aromatic carbocycles. The number of hydrogen-bond acceptors (Lipinski definition) is 4. The van der Waals surface area contributed by atoms with Crippen LogP contribution in [0.2, 0.25) is 0 Å². The molecule has 0 unspecified atom stereocenters. The van der Waals surface area contributed by atoms with Crippen LogP contribution in [-0.2, 0) is 11.6 Å². The minimum absolute atomic E-state index is 0.160. The Hall–Kier alpha value is -3.74. The van der Waals surface area contributed by atoms with Crippen LogP contribution in [0.15, 0.2) is 83.4 Å². The summed E-state index contributed by atoms with van der Waals surface area (Å²) in [6.45, 7) is 0.429. The van der Waals surface area contributed by atoms with Gasteiger partial charge in [0.15, 0.2) is 5.76 Å². The van der Waals surface area contributed by atoms with Crippen LogP contribution in [0.5, 0.6) is 5.75 Å². The van der Waals surface area contributed by atoms with Crippen LogP contribution in [0.4, 0.5) is 18.9 Å². The number of aromatic nitrogens is 1. The van der Waals surface area contributed by atoms with E-state index in [2.05, 4.69) is 10.5 Å². The molecular weight excluding hydrogens is 429 g/mol. The molecule has 0 saturated heterocycles. The van der Waals surface area contributed by atoms with Gasteiger partial charge in [0.2, 0.25) is 0 Å². The van der Waals surface area contributed by atoms with Crippen molar-refractivity contribution < 1.29 is 22.8 Å². The van der Waals surface area contributed by atoms with E-state index < -0.39 is 11.7 Å². The Labute approximate surface area is 188 Å². The Morgan fingerprint density at radius 2 is 1.64 bits per heavy atom. The van der Waals surface area contributed by atoms with Crippen LogP contribution >= 0.6 is 0 Å². The maximum absolute atomic E-state index is 13.1. The second-order valence-corrected chi connectivity index (χ2v) is 8.36. The van der Waals surface area contributed by atoms with Gasteiger partial charge in [-0.2, -0.15) is 13.2 Å². The average molecular weight is 450 g/mol. The van der Waals surface area contributed by atoms with Crippen LogP contribution in [-0.4, -0.2) is 16.8 Å². The lowest BCUT2D eigenvalue weighted by atomic mass is 9.91. The van der Waals surface area contributed by atoms with Crippen molar-refractivity contribution in [3.63, 3.8) is 0 Å². The van der Waals surface area contributed by atoms with Gasteiger partial charge in [-0.25, -0.2) is 0 Å². The lowest BCUT2D eigenvalue weighted by molar-refractivity contribution is -0.137. The molecule has 1 heterocycles. The normalized spacial score (nSPS) is 14.8. The van der Waals surface area contributed by atoms with Gasteiger partial charge in [-0.3, -0.25) is 0 Å². The summed E-state index contributed by atoms with van der Waals surface area (Å²) in [5, 5.41) is 17.2. The van der Waals surface area contributed by atoms with Gasteiger partial charge in [0, 0.05) is 23.2 Å². The third kappa shape index (κ3) is 4.18. The van der Waals surface area contributed by atoms with Crippen LogP contribution in [0.25, 0.3) is 22.4 Å². The van der Waals surface area contributed by atoms with Crippen molar-refractivity contribution >= 4 is 5.69 Å². The molecule has 2 N–H and O–H groups in total. The summed E-state index contributed by atoms with van der Waals surface area (Å²) < 4.78 is 45.1. The van der Waals surface area contributed by atoms with Gasteiger partial charge >= 0.3 is 6.18 Å². The fourth-order valence-electron chi connectivity index (χ4n) is 4.05. The predicted molar refractivity (Wildman–Crippen MR) is 120 cm³/mol. The first kappa shape index (κ1) is 21.1. The number of nitrogens with one attached hydrogen (secondary N) is 1. The number of phenolic OH excluding ortho intramolecular Hbond substituents is 1. The summed E-state index contributed by atoms with van der Waals surface area (Å²) in [5.74, 6) is 0.879. The predicted octanol–water partition coefficient (Wildman–Crippen LogP) is 6.88. The summed E-state index contributed by atoms with van der Waals surface area (Å²) in [6, 6.07) is 21.7. The Kier molecular flexibility index (Phi) is 5.12. The van der Waals surface area contributed by atoms with Gasteiger partial charge < -0.3 is 14.9 Å². The zero-order valence-corrected chi connectivity index (χ0v) is 17.6. The average Bonchev–Trinajstić information content (AvgIpc) is 3.48. The molecule has 5 rings (SSSR count). The van der Waals surface area contributed by atoms with Gasteiger partial charge in [-0.15, -0.1) is 0 Å². The first-order valence-corrected chi connectivity index (χ1v) is 10.6. The second kappa shape index (κ2) is 7.99. The van der Waals surface area contributed by atoms with E-state index in [-0.39, 0.29) is 11.2 Å². The first-order chi connectivity index (χ1) is 15.9. The molecule has 4 aromatic rings. The zero-order chi connectivity index (χ0) is 23.1. The van der Waals surface area contributed by atoms with Crippen molar-refractivity contribution in [3.8, 4) is 28.1 Å². The summed E-state index contributed by atoms with van der Waals surface area (Å²) in [6.07, 6.45) is -2.72. The lowest BCUT2D eigenvalue weighted by Gasteiger charge is -2.17. The number of rotatable bonds is 6. The van der Waals surface area contributed by atoms with Crippen molar-refractivity contribution in [1.29, 1.82) is 0 Å². The van der Waals surface area contributed by atoms with Crippen LogP contribution < -0.4 is 5.32 Å². The highest BCUT2D eigenvalue weighted by Crippen LogP contribution is 2.53. The lowest BCUT2D eigenvalue weighted by Crippen LogP contribution is -2.20. The molecule has 0 atom stereocenters. The number of benzene rings is 3. The quantitative estimate of drug-likeness (QED) is 0.336. The van der Waals surface area contributed by atoms with Crippen molar-refractivity contribution in [1.82, 2.24) is 5.16 Å². The Balaban J connectivity index is 1.50. The minimum atomic E-state index is -4.39. The van der Waals surface area contributed by atoms with Crippen molar-refractivity contribution in [2.24, 2.45) is 0 Å². The maximum atomic E-state index is 13.1. The molecule has 1 aliphatic rings. The van der Waals surface area contributed by atoms with Crippen molar-refractivity contribution in [3.05, 3.63) is 90.2 Å². The Bertz CT molecular complexity index is 1260. The van der Waals surface area contributed by atoms with Gasteiger partial charge in [0.1, 0.15) is 11.4 Å². The number of phenols is 1. The third-order valence-corrected chi connectivity index (χ3v) is 6.05. The smallest absolute Gasteiger partial charge is 0.416 e. The monoisotopic (exact) mass is 450 g/mol. The molecule has 0 spiro atoms. The molecule has 0 amide bonds. The third-order valence-electron chi connectivity index (χ3n) is 6.05. The van der Waals surface area contributed by atoms with E-state index in [9.17, 15) is 18.3 Å². The molecule has 1 aliphatic carbocycles. The highest BCUT2D eigenvalue weighted by atomic mass is 19.4.